The van der Waals surface area contributed by atoms with E-state index in [2.05, 4.69) is 6.92 Å². The predicted octanol–water partition coefficient (Wildman–Crippen LogP) is 4.36. The molecule has 0 saturated heterocycles. The van der Waals surface area contributed by atoms with E-state index in [4.69, 9.17) is 9.15 Å². The first-order chi connectivity index (χ1) is 10.2. The van der Waals surface area contributed by atoms with Gasteiger partial charge in [0.2, 0.25) is 0 Å². The van der Waals surface area contributed by atoms with E-state index < -0.39 is 0 Å². The Balaban J connectivity index is 2.27. The molecule has 21 heavy (non-hydrogen) atoms. The molecule has 2 aromatic rings. The number of carbonyl (C=O) groups excluding carboxylic acids is 1. The van der Waals surface area contributed by atoms with Crippen molar-refractivity contribution in [1.29, 1.82) is 0 Å². The molecule has 0 unspecified atom stereocenters. The molecule has 0 amide bonds. The molecule has 1 aromatic carbocycles. The maximum Gasteiger partial charge on any atom is 0.341 e. The van der Waals surface area contributed by atoms with Crippen LogP contribution in [-0.4, -0.2) is 13.1 Å². The molecule has 1 aliphatic rings. The normalized spacial score (nSPS) is 13.7. The maximum absolute atomic E-state index is 12.1. The van der Waals surface area contributed by atoms with Crippen LogP contribution in [0.1, 0.15) is 59.0 Å². The van der Waals surface area contributed by atoms with Gasteiger partial charge >= 0.3 is 5.97 Å². The van der Waals surface area contributed by atoms with Crippen molar-refractivity contribution in [2.24, 2.45) is 0 Å². The number of esters is 1. The number of methoxy groups -OCH3 is 1. The van der Waals surface area contributed by atoms with E-state index >= 15 is 0 Å². The number of aryl methyl sites for hydroxylation is 4. The Bertz CT molecular complexity index is 694. The first kappa shape index (κ1) is 14.2. The summed E-state index contributed by atoms with van der Waals surface area (Å²) in [7, 11) is 1.43. The third kappa shape index (κ3) is 2.25. The molecule has 3 heteroatoms. The van der Waals surface area contributed by atoms with Crippen LogP contribution in [-0.2, 0) is 24.0 Å². The van der Waals surface area contributed by atoms with Gasteiger partial charge < -0.3 is 9.15 Å². The number of rotatable bonds is 4. The highest BCUT2D eigenvalue weighted by atomic mass is 16.5. The van der Waals surface area contributed by atoms with E-state index in [0.29, 0.717) is 5.56 Å². The van der Waals surface area contributed by atoms with Crippen LogP contribution in [0.5, 0.6) is 0 Å². The van der Waals surface area contributed by atoms with Crippen molar-refractivity contribution in [2.75, 3.05) is 7.11 Å². The summed E-state index contributed by atoms with van der Waals surface area (Å²) in [5.41, 5.74) is 5.28. The van der Waals surface area contributed by atoms with Crippen molar-refractivity contribution < 1.29 is 13.9 Å². The van der Waals surface area contributed by atoms with Crippen molar-refractivity contribution in [3.05, 3.63) is 34.1 Å². The Kier molecular flexibility index (Phi) is 3.75. The van der Waals surface area contributed by atoms with Gasteiger partial charge in [0.1, 0.15) is 16.9 Å². The van der Waals surface area contributed by atoms with E-state index in [-0.39, 0.29) is 5.97 Å². The highest BCUT2D eigenvalue weighted by Crippen LogP contribution is 2.38. The van der Waals surface area contributed by atoms with E-state index in [0.717, 1.165) is 49.9 Å². The summed E-state index contributed by atoms with van der Waals surface area (Å²) in [6.07, 6.45) is 6.62. The fourth-order valence-electron chi connectivity index (χ4n) is 3.46. The highest BCUT2D eigenvalue weighted by Gasteiger charge is 2.26. The standard InChI is InChI=1S/C18H22O3/c1-4-5-8-13-11(2)21-17-15(18(19)20-3)10-12-7-6-9-14(12)16(13)17/h10H,4-9H2,1-3H3. The molecule has 0 fully saturated rings. The zero-order valence-electron chi connectivity index (χ0n) is 13.0. The van der Waals surface area contributed by atoms with Crippen molar-refractivity contribution in [3.63, 3.8) is 0 Å². The Morgan fingerprint density at radius 3 is 2.90 bits per heavy atom. The van der Waals surface area contributed by atoms with Crippen LogP contribution in [0.3, 0.4) is 0 Å². The van der Waals surface area contributed by atoms with Gasteiger partial charge in [-0.2, -0.15) is 0 Å². The minimum absolute atomic E-state index is 0.300. The van der Waals surface area contributed by atoms with Gasteiger partial charge in [-0.05, 0) is 56.2 Å². The van der Waals surface area contributed by atoms with Crippen molar-refractivity contribution in [2.45, 2.75) is 52.4 Å². The average molecular weight is 286 g/mol. The summed E-state index contributed by atoms with van der Waals surface area (Å²) in [4.78, 5) is 12.1. The van der Waals surface area contributed by atoms with Gasteiger partial charge in [-0.25, -0.2) is 4.79 Å². The van der Waals surface area contributed by atoms with Gasteiger partial charge in [0.15, 0.2) is 0 Å². The number of benzene rings is 1. The molecule has 0 atom stereocenters. The zero-order valence-corrected chi connectivity index (χ0v) is 13.0. The zero-order chi connectivity index (χ0) is 15.0. The third-order valence-electron chi connectivity index (χ3n) is 4.52. The SMILES string of the molecule is CCCCc1c(C)oc2c(C(=O)OC)cc3c(c12)CCC3. The van der Waals surface area contributed by atoms with Crippen LogP contribution in [0.15, 0.2) is 10.5 Å². The van der Waals surface area contributed by atoms with Gasteiger partial charge in [-0.1, -0.05) is 13.3 Å². The van der Waals surface area contributed by atoms with E-state index in [1.807, 2.05) is 13.0 Å². The molecule has 1 aromatic heterocycles. The Labute approximate surface area is 125 Å². The number of ether oxygens (including phenoxy) is 1. The lowest BCUT2D eigenvalue weighted by molar-refractivity contribution is 0.0601. The van der Waals surface area contributed by atoms with Gasteiger partial charge in [0.05, 0.1) is 7.11 Å². The van der Waals surface area contributed by atoms with Gasteiger partial charge in [-0.3, -0.25) is 0 Å². The summed E-state index contributed by atoms with van der Waals surface area (Å²) >= 11 is 0. The molecule has 0 bridgehead atoms. The molecular weight excluding hydrogens is 264 g/mol. The van der Waals surface area contributed by atoms with E-state index in [1.165, 1.54) is 29.2 Å². The fraction of sp³-hybridized carbons (Fsp3) is 0.500. The van der Waals surface area contributed by atoms with Crippen LogP contribution in [0.25, 0.3) is 11.0 Å². The fourth-order valence-corrected chi connectivity index (χ4v) is 3.46. The lowest BCUT2D eigenvalue weighted by atomic mass is 9.96. The highest BCUT2D eigenvalue weighted by molar-refractivity contribution is 6.05. The molecule has 112 valence electrons. The lowest BCUT2D eigenvalue weighted by Gasteiger charge is -2.07. The smallest absolute Gasteiger partial charge is 0.341 e. The topological polar surface area (TPSA) is 39.4 Å². The van der Waals surface area contributed by atoms with Crippen LogP contribution < -0.4 is 0 Å². The molecular formula is C18H22O3. The van der Waals surface area contributed by atoms with Crippen molar-refractivity contribution >= 4 is 16.9 Å². The number of hydrogen-bond acceptors (Lipinski definition) is 3. The monoisotopic (exact) mass is 286 g/mol. The Morgan fingerprint density at radius 1 is 1.38 bits per heavy atom. The average Bonchev–Trinajstić information content (AvgIpc) is 3.06. The second kappa shape index (κ2) is 5.55. The molecule has 0 N–H and O–H groups in total. The summed E-state index contributed by atoms with van der Waals surface area (Å²) in [6, 6.07) is 1.98. The Morgan fingerprint density at radius 2 is 2.19 bits per heavy atom. The second-order valence-electron chi connectivity index (χ2n) is 5.85. The molecule has 0 spiro atoms. The summed E-state index contributed by atoms with van der Waals surface area (Å²) in [6.45, 7) is 4.20. The maximum atomic E-state index is 12.1. The molecule has 1 aliphatic carbocycles. The number of furan rings is 1. The number of fused-ring (bicyclic) bond motifs is 3. The molecule has 0 aliphatic heterocycles. The molecule has 0 saturated carbocycles. The second-order valence-corrected chi connectivity index (χ2v) is 5.85. The molecule has 3 nitrogen and oxygen atoms in total. The molecule has 0 radical (unpaired) electrons. The number of unbranched alkanes of at least 4 members (excludes halogenated alkanes) is 1. The van der Waals surface area contributed by atoms with Crippen molar-refractivity contribution in [3.8, 4) is 0 Å². The molecule has 1 heterocycles. The third-order valence-corrected chi connectivity index (χ3v) is 4.52. The van der Waals surface area contributed by atoms with Gasteiger partial charge in [-0.15, -0.1) is 0 Å². The largest absolute Gasteiger partial charge is 0.465 e. The number of carbonyl (C=O) groups is 1. The van der Waals surface area contributed by atoms with Gasteiger partial charge in [0.25, 0.3) is 0 Å². The first-order valence-corrected chi connectivity index (χ1v) is 7.82. The first-order valence-electron chi connectivity index (χ1n) is 7.82. The van der Waals surface area contributed by atoms with Crippen LogP contribution in [0, 0.1) is 6.92 Å². The minimum Gasteiger partial charge on any atom is -0.465 e. The van der Waals surface area contributed by atoms with Crippen LogP contribution in [0.2, 0.25) is 0 Å². The lowest BCUT2D eigenvalue weighted by Crippen LogP contribution is -2.03. The van der Waals surface area contributed by atoms with E-state index in [1.54, 1.807) is 0 Å². The quantitative estimate of drug-likeness (QED) is 0.784. The van der Waals surface area contributed by atoms with Gasteiger partial charge in [0, 0.05) is 10.9 Å². The summed E-state index contributed by atoms with van der Waals surface area (Å²) in [5.74, 6) is 0.648. The summed E-state index contributed by atoms with van der Waals surface area (Å²) < 4.78 is 10.9. The van der Waals surface area contributed by atoms with Crippen LogP contribution >= 0.6 is 0 Å². The minimum atomic E-state index is -0.300. The predicted molar refractivity (Wildman–Crippen MR) is 82.9 cm³/mol. The Hall–Kier alpha value is -1.77. The summed E-state index contributed by atoms with van der Waals surface area (Å²) in [5, 5.41) is 1.19. The van der Waals surface area contributed by atoms with E-state index in [9.17, 15) is 4.79 Å². The van der Waals surface area contributed by atoms with Crippen molar-refractivity contribution in [1.82, 2.24) is 0 Å². The molecule has 3 rings (SSSR count). The van der Waals surface area contributed by atoms with Crippen LogP contribution in [0.4, 0.5) is 0 Å². The number of hydrogen-bond donors (Lipinski definition) is 0.